The number of nitrogens with one attached hydrogen (secondary N) is 2. The van der Waals surface area contributed by atoms with Crippen LogP contribution >= 0.6 is 0 Å². The van der Waals surface area contributed by atoms with Gasteiger partial charge in [-0.1, -0.05) is 0 Å². The fourth-order valence-electron chi connectivity index (χ4n) is 5.48. The van der Waals surface area contributed by atoms with Gasteiger partial charge in [-0.3, -0.25) is 9.59 Å². The van der Waals surface area contributed by atoms with Crippen molar-refractivity contribution in [1.82, 2.24) is 10.6 Å². The number of aliphatic hydroxyl groups excluding tert-OH is 1. The summed E-state index contributed by atoms with van der Waals surface area (Å²) in [7, 11) is 0. The molecule has 1 atom stereocenters. The SMILES string of the molecule is CC(NC(=O)C(=O)NCCCO)C12CC3CC(CC(C3)C1)C2. The van der Waals surface area contributed by atoms with Crippen LogP contribution in [0, 0.1) is 23.2 Å². The molecule has 0 aromatic carbocycles. The largest absolute Gasteiger partial charge is 0.396 e. The normalized spacial score (nSPS) is 36.9. The van der Waals surface area contributed by atoms with Crippen molar-refractivity contribution in [3.63, 3.8) is 0 Å². The fraction of sp³-hybridized carbons (Fsp3) is 0.882. The van der Waals surface area contributed by atoms with Crippen LogP contribution in [0.2, 0.25) is 0 Å². The highest BCUT2D eigenvalue weighted by Gasteiger charge is 2.53. The quantitative estimate of drug-likeness (QED) is 0.527. The molecule has 4 bridgehead atoms. The Morgan fingerprint density at radius 3 is 2.14 bits per heavy atom. The van der Waals surface area contributed by atoms with Crippen LogP contribution in [0.1, 0.15) is 51.9 Å². The third kappa shape index (κ3) is 3.00. The highest BCUT2D eigenvalue weighted by atomic mass is 16.3. The third-order valence-corrected chi connectivity index (χ3v) is 6.18. The maximum Gasteiger partial charge on any atom is 0.309 e. The summed E-state index contributed by atoms with van der Waals surface area (Å²) in [5, 5.41) is 14.2. The molecule has 22 heavy (non-hydrogen) atoms. The molecule has 0 aromatic rings. The molecule has 5 heteroatoms. The van der Waals surface area contributed by atoms with Gasteiger partial charge in [0.05, 0.1) is 0 Å². The van der Waals surface area contributed by atoms with E-state index >= 15 is 0 Å². The molecule has 0 radical (unpaired) electrons. The van der Waals surface area contributed by atoms with Crippen LogP contribution in [0.3, 0.4) is 0 Å². The number of hydrogen-bond acceptors (Lipinski definition) is 3. The van der Waals surface area contributed by atoms with Crippen LogP contribution in [0.5, 0.6) is 0 Å². The average Bonchev–Trinajstić information content (AvgIpc) is 2.45. The minimum Gasteiger partial charge on any atom is -0.396 e. The first-order valence-electron chi connectivity index (χ1n) is 8.72. The number of amides is 2. The van der Waals surface area contributed by atoms with Gasteiger partial charge in [0.2, 0.25) is 0 Å². The summed E-state index contributed by atoms with van der Waals surface area (Å²) in [6.07, 6.45) is 8.25. The lowest BCUT2D eigenvalue weighted by atomic mass is 9.48. The molecule has 4 rings (SSSR count). The number of carbonyl (C=O) groups excluding carboxylic acids is 2. The van der Waals surface area contributed by atoms with Crippen molar-refractivity contribution in [3.05, 3.63) is 0 Å². The molecule has 0 spiro atoms. The van der Waals surface area contributed by atoms with E-state index in [9.17, 15) is 9.59 Å². The summed E-state index contributed by atoms with van der Waals surface area (Å²) < 4.78 is 0. The minimum absolute atomic E-state index is 0.0194. The van der Waals surface area contributed by atoms with Gasteiger partial charge in [0, 0.05) is 19.2 Å². The van der Waals surface area contributed by atoms with Gasteiger partial charge in [-0.25, -0.2) is 0 Å². The fourth-order valence-corrected chi connectivity index (χ4v) is 5.48. The van der Waals surface area contributed by atoms with E-state index in [1.807, 2.05) is 0 Å². The number of aliphatic hydroxyl groups is 1. The molecule has 124 valence electrons. The van der Waals surface area contributed by atoms with Crippen LogP contribution in [0.4, 0.5) is 0 Å². The molecule has 1 unspecified atom stereocenters. The topological polar surface area (TPSA) is 78.4 Å². The van der Waals surface area contributed by atoms with Crippen molar-refractivity contribution in [1.29, 1.82) is 0 Å². The van der Waals surface area contributed by atoms with E-state index < -0.39 is 11.8 Å². The maximum absolute atomic E-state index is 12.1. The lowest BCUT2D eigenvalue weighted by Gasteiger charge is -2.59. The summed E-state index contributed by atoms with van der Waals surface area (Å²) in [5.41, 5.74) is 0.218. The Hall–Kier alpha value is -1.10. The second kappa shape index (κ2) is 6.19. The molecule has 0 saturated heterocycles. The molecule has 0 aromatic heterocycles. The van der Waals surface area contributed by atoms with Gasteiger partial charge in [-0.15, -0.1) is 0 Å². The summed E-state index contributed by atoms with van der Waals surface area (Å²) in [4.78, 5) is 23.8. The van der Waals surface area contributed by atoms with E-state index in [0.29, 0.717) is 13.0 Å². The van der Waals surface area contributed by atoms with Crippen molar-refractivity contribution < 1.29 is 14.7 Å². The average molecular weight is 308 g/mol. The van der Waals surface area contributed by atoms with E-state index in [0.717, 1.165) is 17.8 Å². The first-order chi connectivity index (χ1) is 10.5. The van der Waals surface area contributed by atoms with Crippen LogP contribution in [0.15, 0.2) is 0 Å². The third-order valence-electron chi connectivity index (χ3n) is 6.18. The van der Waals surface area contributed by atoms with Gasteiger partial charge in [-0.05, 0) is 75.0 Å². The number of carbonyl (C=O) groups is 2. The van der Waals surface area contributed by atoms with Crippen molar-refractivity contribution in [2.24, 2.45) is 23.2 Å². The van der Waals surface area contributed by atoms with E-state index in [1.54, 1.807) is 0 Å². The Bertz CT molecular complexity index is 414. The van der Waals surface area contributed by atoms with Gasteiger partial charge in [-0.2, -0.15) is 0 Å². The van der Waals surface area contributed by atoms with Crippen molar-refractivity contribution in [2.75, 3.05) is 13.2 Å². The summed E-state index contributed by atoms with van der Waals surface area (Å²) >= 11 is 0. The lowest BCUT2D eigenvalue weighted by Crippen LogP contribution is -2.57. The molecule has 2 amide bonds. The first kappa shape index (κ1) is 15.8. The van der Waals surface area contributed by atoms with Crippen LogP contribution in [0.25, 0.3) is 0 Å². The van der Waals surface area contributed by atoms with Gasteiger partial charge in [0.25, 0.3) is 0 Å². The minimum atomic E-state index is -0.579. The smallest absolute Gasteiger partial charge is 0.309 e. The van der Waals surface area contributed by atoms with Gasteiger partial charge in [0.1, 0.15) is 0 Å². The van der Waals surface area contributed by atoms with E-state index in [1.165, 1.54) is 38.5 Å². The second-order valence-electron chi connectivity index (χ2n) is 7.81. The second-order valence-corrected chi connectivity index (χ2v) is 7.81. The van der Waals surface area contributed by atoms with Crippen molar-refractivity contribution in [3.8, 4) is 0 Å². The molecule has 4 aliphatic rings. The lowest BCUT2D eigenvalue weighted by molar-refractivity contribution is -0.141. The molecule has 4 fully saturated rings. The Morgan fingerprint density at radius 2 is 1.64 bits per heavy atom. The van der Waals surface area contributed by atoms with E-state index in [4.69, 9.17) is 5.11 Å². The summed E-state index contributed by atoms with van der Waals surface area (Å²) in [6, 6.07) is 0.0667. The highest BCUT2D eigenvalue weighted by molar-refractivity contribution is 6.35. The van der Waals surface area contributed by atoms with E-state index in [-0.39, 0.29) is 18.1 Å². The Morgan fingerprint density at radius 1 is 1.09 bits per heavy atom. The Balaban J connectivity index is 1.56. The van der Waals surface area contributed by atoms with Gasteiger partial charge >= 0.3 is 11.8 Å². The first-order valence-corrected chi connectivity index (χ1v) is 8.72. The molecule has 3 N–H and O–H groups in total. The van der Waals surface area contributed by atoms with Crippen molar-refractivity contribution >= 4 is 11.8 Å². The molecular formula is C17H28N2O3. The molecule has 4 aliphatic carbocycles. The Labute approximate surface area is 132 Å². The molecule has 0 aliphatic heterocycles. The number of rotatable bonds is 5. The predicted octanol–water partition coefficient (Wildman–Crippen LogP) is 1.21. The standard InChI is InChI=1S/C17H28N2O3/c1-11(19-16(22)15(21)18-3-2-4-20)17-8-12-5-13(9-17)7-14(6-12)10-17/h11-14,20H,2-10H2,1H3,(H,18,21)(H,19,22). The predicted molar refractivity (Wildman–Crippen MR) is 82.9 cm³/mol. The zero-order valence-electron chi connectivity index (χ0n) is 13.4. The van der Waals surface area contributed by atoms with Crippen molar-refractivity contribution in [2.45, 2.75) is 57.9 Å². The Kier molecular flexibility index (Phi) is 4.44. The summed E-state index contributed by atoms with van der Waals surface area (Å²) in [5.74, 6) is 1.41. The zero-order valence-corrected chi connectivity index (χ0v) is 13.4. The molecule has 5 nitrogen and oxygen atoms in total. The number of hydrogen-bond donors (Lipinski definition) is 3. The molecule has 4 saturated carbocycles. The van der Waals surface area contributed by atoms with Gasteiger partial charge < -0.3 is 15.7 Å². The highest BCUT2D eigenvalue weighted by Crippen LogP contribution is 2.61. The monoisotopic (exact) mass is 308 g/mol. The van der Waals surface area contributed by atoms with E-state index in [2.05, 4.69) is 17.6 Å². The zero-order chi connectivity index (χ0) is 15.7. The van der Waals surface area contributed by atoms with Gasteiger partial charge in [0.15, 0.2) is 0 Å². The molecular weight excluding hydrogens is 280 g/mol. The van der Waals surface area contributed by atoms with Crippen LogP contribution in [-0.2, 0) is 9.59 Å². The summed E-state index contributed by atoms with van der Waals surface area (Å²) in [6.45, 7) is 2.44. The van der Waals surface area contributed by atoms with Crippen LogP contribution < -0.4 is 10.6 Å². The van der Waals surface area contributed by atoms with Crippen LogP contribution in [-0.4, -0.2) is 36.1 Å². The maximum atomic E-state index is 12.1. The molecule has 0 heterocycles.